The topological polar surface area (TPSA) is 38.0 Å². The zero-order valence-corrected chi connectivity index (χ0v) is 11.2. The molecular weight excluding hydrogens is 208 g/mol. The van der Waals surface area contributed by atoms with Crippen molar-refractivity contribution in [1.29, 1.82) is 0 Å². The van der Waals surface area contributed by atoms with E-state index in [-0.39, 0.29) is 5.41 Å². The van der Waals surface area contributed by atoms with Gasteiger partial charge in [0, 0.05) is 11.5 Å². The van der Waals surface area contributed by atoms with Crippen LogP contribution < -0.4 is 11.1 Å². The summed E-state index contributed by atoms with van der Waals surface area (Å²) in [6.07, 6.45) is 3.82. The highest BCUT2D eigenvalue weighted by Gasteiger charge is 2.43. The lowest BCUT2D eigenvalue weighted by molar-refractivity contribution is 0.0876. The van der Waals surface area contributed by atoms with Gasteiger partial charge in [-0.05, 0) is 51.4 Å². The van der Waals surface area contributed by atoms with Crippen LogP contribution in [0.1, 0.15) is 42.0 Å². The molecule has 2 nitrogen and oxygen atoms in total. The molecule has 94 valence electrons. The fraction of sp³-hybridized carbons (Fsp3) is 0.600. The average Bonchev–Trinajstić information content (AvgIpc) is 2.27. The van der Waals surface area contributed by atoms with E-state index in [2.05, 4.69) is 44.4 Å². The van der Waals surface area contributed by atoms with Gasteiger partial charge in [-0.25, -0.2) is 0 Å². The summed E-state index contributed by atoms with van der Waals surface area (Å²) in [4.78, 5) is 0. The van der Waals surface area contributed by atoms with Crippen LogP contribution in [0.5, 0.6) is 0 Å². The van der Waals surface area contributed by atoms with Gasteiger partial charge in [0.2, 0.25) is 0 Å². The maximum atomic E-state index is 6.03. The van der Waals surface area contributed by atoms with Crippen molar-refractivity contribution >= 4 is 0 Å². The van der Waals surface area contributed by atoms with Crippen molar-refractivity contribution in [2.24, 2.45) is 11.1 Å². The summed E-state index contributed by atoms with van der Waals surface area (Å²) in [5.41, 5.74) is 10.4. The molecule has 0 aromatic heterocycles. The molecule has 3 N–H and O–H groups in total. The van der Waals surface area contributed by atoms with Crippen molar-refractivity contribution < 1.29 is 0 Å². The normalized spacial score (nSPS) is 19.8. The van der Waals surface area contributed by atoms with Gasteiger partial charge in [0.15, 0.2) is 0 Å². The molecule has 2 rings (SSSR count). The molecule has 0 heterocycles. The van der Waals surface area contributed by atoms with Crippen molar-refractivity contribution in [2.45, 2.75) is 39.2 Å². The number of benzene rings is 1. The molecule has 1 atom stereocenters. The molecule has 0 radical (unpaired) electrons. The van der Waals surface area contributed by atoms with E-state index < -0.39 is 0 Å². The van der Waals surface area contributed by atoms with Crippen molar-refractivity contribution in [3.05, 3.63) is 34.9 Å². The second kappa shape index (κ2) is 4.79. The first-order valence-corrected chi connectivity index (χ1v) is 6.57. The Balaban J connectivity index is 2.37. The van der Waals surface area contributed by atoms with E-state index in [1.165, 1.54) is 36.0 Å². The average molecular weight is 232 g/mol. The summed E-state index contributed by atoms with van der Waals surface area (Å²) in [7, 11) is 2.06. The summed E-state index contributed by atoms with van der Waals surface area (Å²) in [5, 5.41) is 3.50. The predicted molar refractivity (Wildman–Crippen MR) is 73.1 cm³/mol. The molecule has 1 aliphatic carbocycles. The number of aryl methyl sites for hydroxylation is 2. The maximum Gasteiger partial charge on any atom is 0.0389 e. The van der Waals surface area contributed by atoms with E-state index in [1.54, 1.807) is 0 Å². The summed E-state index contributed by atoms with van der Waals surface area (Å²) < 4.78 is 0. The Labute approximate surface area is 105 Å². The lowest BCUT2D eigenvalue weighted by Gasteiger charge is -2.47. The summed E-state index contributed by atoms with van der Waals surface area (Å²) >= 11 is 0. The zero-order valence-electron chi connectivity index (χ0n) is 11.2. The second-order valence-corrected chi connectivity index (χ2v) is 5.50. The minimum atomic E-state index is 0.285. The summed E-state index contributed by atoms with van der Waals surface area (Å²) in [6.45, 7) is 5.14. The fourth-order valence-electron chi connectivity index (χ4n) is 3.10. The van der Waals surface area contributed by atoms with E-state index in [1.807, 2.05) is 0 Å². The molecule has 0 saturated heterocycles. The smallest absolute Gasteiger partial charge is 0.0389 e. The van der Waals surface area contributed by atoms with Crippen molar-refractivity contribution in [2.75, 3.05) is 13.6 Å². The summed E-state index contributed by atoms with van der Waals surface area (Å²) in [6, 6.07) is 7.12. The Morgan fingerprint density at radius 1 is 1.35 bits per heavy atom. The molecule has 1 fully saturated rings. The van der Waals surface area contributed by atoms with E-state index in [9.17, 15) is 0 Å². The molecule has 0 spiro atoms. The maximum absolute atomic E-state index is 6.03. The monoisotopic (exact) mass is 232 g/mol. The highest BCUT2D eigenvalue weighted by Crippen LogP contribution is 2.49. The molecule has 1 unspecified atom stereocenters. The highest BCUT2D eigenvalue weighted by molar-refractivity contribution is 5.35. The van der Waals surface area contributed by atoms with Crippen LogP contribution in [0.25, 0.3) is 0 Å². The molecule has 2 heteroatoms. The molecular formula is C15H24N2. The first-order valence-electron chi connectivity index (χ1n) is 6.57. The molecule has 0 bridgehead atoms. The predicted octanol–water partition coefficient (Wildman–Crippen LogP) is 2.69. The third-order valence-electron chi connectivity index (χ3n) is 4.40. The number of nitrogens with two attached hydrogens (primary N) is 1. The van der Waals surface area contributed by atoms with Gasteiger partial charge in [0.25, 0.3) is 0 Å². The van der Waals surface area contributed by atoms with Gasteiger partial charge < -0.3 is 11.1 Å². The molecule has 1 aromatic rings. The Kier molecular flexibility index (Phi) is 3.55. The van der Waals surface area contributed by atoms with Crippen LogP contribution >= 0.6 is 0 Å². The third kappa shape index (κ3) is 2.12. The number of nitrogens with one attached hydrogen (secondary N) is 1. The van der Waals surface area contributed by atoms with Crippen LogP contribution in [0.3, 0.4) is 0 Å². The van der Waals surface area contributed by atoms with Gasteiger partial charge in [0.1, 0.15) is 0 Å². The van der Waals surface area contributed by atoms with Crippen molar-refractivity contribution in [1.82, 2.24) is 5.32 Å². The van der Waals surface area contributed by atoms with Crippen LogP contribution in [-0.2, 0) is 0 Å². The lowest BCUT2D eigenvalue weighted by Crippen LogP contribution is -2.47. The van der Waals surface area contributed by atoms with E-state index in [0.29, 0.717) is 6.04 Å². The number of rotatable bonds is 4. The zero-order chi connectivity index (χ0) is 12.5. The summed E-state index contributed by atoms with van der Waals surface area (Å²) in [5.74, 6) is 0. The lowest BCUT2D eigenvalue weighted by atomic mass is 9.62. The van der Waals surface area contributed by atoms with Crippen molar-refractivity contribution in [3.8, 4) is 0 Å². The van der Waals surface area contributed by atoms with Gasteiger partial charge >= 0.3 is 0 Å². The molecule has 0 amide bonds. The van der Waals surface area contributed by atoms with Crippen molar-refractivity contribution in [3.63, 3.8) is 0 Å². The van der Waals surface area contributed by atoms with Crippen LogP contribution in [0, 0.1) is 19.3 Å². The molecule has 17 heavy (non-hydrogen) atoms. The number of hydrogen-bond donors (Lipinski definition) is 2. The van der Waals surface area contributed by atoms with Gasteiger partial charge in [-0.2, -0.15) is 0 Å². The van der Waals surface area contributed by atoms with Gasteiger partial charge in [-0.3, -0.25) is 0 Å². The number of hydrogen-bond acceptors (Lipinski definition) is 2. The van der Waals surface area contributed by atoms with Crippen LogP contribution in [-0.4, -0.2) is 13.6 Å². The molecule has 1 aromatic carbocycles. The van der Waals surface area contributed by atoms with Crippen LogP contribution in [0.4, 0.5) is 0 Å². The minimum absolute atomic E-state index is 0.285. The van der Waals surface area contributed by atoms with E-state index >= 15 is 0 Å². The quantitative estimate of drug-likeness (QED) is 0.837. The second-order valence-electron chi connectivity index (χ2n) is 5.50. The van der Waals surface area contributed by atoms with Gasteiger partial charge in [-0.1, -0.05) is 30.2 Å². The van der Waals surface area contributed by atoms with Gasteiger partial charge in [-0.15, -0.1) is 0 Å². The van der Waals surface area contributed by atoms with Gasteiger partial charge in [0.05, 0.1) is 0 Å². The fourth-order valence-corrected chi connectivity index (χ4v) is 3.10. The van der Waals surface area contributed by atoms with Crippen LogP contribution in [0.2, 0.25) is 0 Å². The first kappa shape index (κ1) is 12.6. The minimum Gasteiger partial charge on any atom is -0.330 e. The third-order valence-corrected chi connectivity index (χ3v) is 4.40. The Morgan fingerprint density at radius 2 is 2.06 bits per heavy atom. The SMILES string of the molecule is CNC(c1cc(C)ccc1C)C1(CN)CCC1. The molecule has 0 aliphatic heterocycles. The molecule has 1 saturated carbocycles. The first-order chi connectivity index (χ1) is 8.13. The standard InChI is InChI=1S/C15H24N2/c1-11-5-6-12(2)13(9-11)14(17-3)15(10-16)7-4-8-15/h5-6,9,14,17H,4,7-8,10,16H2,1-3H3. The largest absolute Gasteiger partial charge is 0.330 e. The highest BCUT2D eigenvalue weighted by atomic mass is 14.9. The Bertz CT molecular complexity index is 388. The van der Waals surface area contributed by atoms with Crippen LogP contribution in [0.15, 0.2) is 18.2 Å². The van der Waals surface area contributed by atoms with E-state index in [0.717, 1.165) is 6.54 Å². The Morgan fingerprint density at radius 3 is 2.53 bits per heavy atom. The Hall–Kier alpha value is -0.860. The molecule has 1 aliphatic rings. The van der Waals surface area contributed by atoms with E-state index in [4.69, 9.17) is 5.73 Å².